The van der Waals surface area contributed by atoms with E-state index in [2.05, 4.69) is 52.1 Å². The van der Waals surface area contributed by atoms with Gasteiger partial charge in [0.2, 0.25) is 0 Å². The molecule has 2 amide bonds. The molecule has 3 N–H and O–H groups in total. The van der Waals surface area contributed by atoms with E-state index in [-0.39, 0.29) is 6.03 Å². The van der Waals surface area contributed by atoms with Crippen LogP contribution in [0.5, 0.6) is 0 Å². The van der Waals surface area contributed by atoms with Crippen molar-refractivity contribution in [3.63, 3.8) is 0 Å². The monoisotopic (exact) mass is 296 g/mol. The number of anilines is 2. The SMILES string of the molecule is Cc1ccc(CNc2ccc(NC(=O)NC3CC3)nc2)cc1. The Bertz CT molecular complexity index is 633. The van der Waals surface area contributed by atoms with Crippen LogP contribution < -0.4 is 16.0 Å². The van der Waals surface area contributed by atoms with Gasteiger partial charge in [-0.1, -0.05) is 29.8 Å². The fourth-order valence-electron chi connectivity index (χ4n) is 2.05. The lowest BCUT2D eigenvalue weighted by Gasteiger charge is -2.09. The molecule has 0 bridgehead atoms. The topological polar surface area (TPSA) is 66.0 Å². The average molecular weight is 296 g/mol. The lowest BCUT2D eigenvalue weighted by molar-refractivity contribution is 0.251. The third-order valence-electron chi connectivity index (χ3n) is 3.53. The van der Waals surface area contributed by atoms with Gasteiger partial charge < -0.3 is 10.6 Å². The molecule has 0 spiro atoms. The summed E-state index contributed by atoms with van der Waals surface area (Å²) in [6.45, 7) is 2.82. The number of pyridine rings is 1. The number of hydrogen-bond acceptors (Lipinski definition) is 3. The molecule has 1 heterocycles. The van der Waals surface area contributed by atoms with E-state index in [9.17, 15) is 4.79 Å². The summed E-state index contributed by atoms with van der Waals surface area (Å²) in [4.78, 5) is 15.8. The first-order chi connectivity index (χ1) is 10.7. The summed E-state index contributed by atoms with van der Waals surface area (Å²) in [7, 11) is 0. The largest absolute Gasteiger partial charge is 0.380 e. The minimum absolute atomic E-state index is 0.185. The average Bonchev–Trinajstić information content (AvgIpc) is 3.32. The van der Waals surface area contributed by atoms with Crippen LogP contribution in [-0.4, -0.2) is 17.1 Å². The molecule has 0 unspecified atom stereocenters. The molecule has 0 atom stereocenters. The summed E-state index contributed by atoms with van der Waals surface area (Å²) in [5.41, 5.74) is 3.40. The highest BCUT2D eigenvalue weighted by Crippen LogP contribution is 2.18. The molecule has 5 heteroatoms. The van der Waals surface area contributed by atoms with Crippen LogP contribution in [-0.2, 0) is 6.54 Å². The molecule has 1 fully saturated rings. The Morgan fingerprint density at radius 3 is 2.59 bits per heavy atom. The molecule has 114 valence electrons. The quantitative estimate of drug-likeness (QED) is 0.793. The highest BCUT2D eigenvalue weighted by Gasteiger charge is 2.23. The van der Waals surface area contributed by atoms with E-state index >= 15 is 0 Å². The van der Waals surface area contributed by atoms with Crippen molar-refractivity contribution in [1.82, 2.24) is 10.3 Å². The summed E-state index contributed by atoms with van der Waals surface area (Å²) in [6, 6.07) is 12.3. The fraction of sp³-hybridized carbons (Fsp3) is 0.294. The standard InChI is InChI=1S/C17H20N4O/c1-12-2-4-13(5-3-12)10-18-15-8-9-16(19-11-15)21-17(22)20-14-6-7-14/h2-5,8-9,11,14,18H,6-7,10H2,1H3,(H2,19,20,21,22). The number of aryl methyl sites for hydroxylation is 1. The molecule has 2 aromatic rings. The number of nitrogens with one attached hydrogen (secondary N) is 3. The Morgan fingerprint density at radius 1 is 1.18 bits per heavy atom. The number of hydrogen-bond donors (Lipinski definition) is 3. The molecule has 0 saturated heterocycles. The number of urea groups is 1. The van der Waals surface area contributed by atoms with Crippen molar-refractivity contribution in [1.29, 1.82) is 0 Å². The molecular weight excluding hydrogens is 276 g/mol. The molecular formula is C17H20N4O. The van der Waals surface area contributed by atoms with Crippen molar-refractivity contribution in [2.45, 2.75) is 32.4 Å². The maximum Gasteiger partial charge on any atom is 0.320 e. The van der Waals surface area contributed by atoms with Gasteiger partial charge in [0.25, 0.3) is 0 Å². The van der Waals surface area contributed by atoms with E-state index < -0.39 is 0 Å². The number of carbonyl (C=O) groups excluding carboxylic acids is 1. The van der Waals surface area contributed by atoms with Crippen LogP contribution in [0.25, 0.3) is 0 Å². The molecule has 0 aliphatic heterocycles. The van der Waals surface area contributed by atoms with Crippen LogP contribution in [0.15, 0.2) is 42.6 Å². The molecule has 1 aromatic heterocycles. The lowest BCUT2D eigenvalue weighted by atomic mass is 10.1. The number of rotatable bonds is 5. The van der Waals surface area contributed by atoms with Gasteiger partial charge in [-0.3, -0.25) is 5.32 Å². The van der Waals surface area contributed by atoms with Crippen molar-refractivity contribution in [3.05, 3.63) is 53.7 Å². The molecule has 1 aliphatic carbocycles. The summed E-state index contributed by atoms with van der Waals surface area (Å²) in [6.07, 6.45) is 3.87. The zero-order chi connectivity index (χ0) is 15.4. The first-order valence-corrected chi connectivity index (χ1v) is 7.52. The van der Waals surface area contributed by atoms with Gasteiger partial charge in [-0.05, 0) is 37.5 Å². The maximum atomic E-state index is 11.6. The highest BCUT2D eigenvalue weighted by molar-refractivity contribution is 5.88. The van der Waals surface area contributed by atoms with Crippen molar-refractivity contribution >= 4 is 17.5 Å². The van der Waals surface area contributed by atoms with Crippen molar-refractivity contribution < 1.29 is 4.79 Å². The molecule has 22 heavy (non-hydrogen) atoms. The van der Waals surface area contributed by atoms with Crippen molar-refractivity contribution in [2.75, 3.05) is 10.6 Å². The van der Waals surface area contributed by atoms with Gasteiger partial charge in [-0.2, -0.15) is 0 Å². The number of benzene rings is 1. The van der Waals surface area contributed by atoms with Crippen LogP contribution in [0.4, 0.5) is 16.3 Å². The Hall–Kier alpha value is -2.56. The Balaban J connectivity index is 1.50. The minimum atomic E-state index is -0.185. The number of aromatic nitrogens is 1. The second kappa shape index (κ2) is 6.47. The van der Waals surface area contributed by atoms with E-state index in [1.54, 1.807) is 12.3 Å². The molecule has 1 aliphatic rings. The zero-order valence-electron chi connectivity index (χ0n) is 12.6. The van der Waals surface area contributed by atoms with Gasteiger partial charge >= 0.3 is 6.03 Å². The highest BCUT2D eigenvalue weighted by atomic mass is 16.2. The van der Waals surface area contributed by atoms with Crippen molar-refractivity contribution in [2.24, 2.45) is 0 Å². The summed E-state index contributed by atoms with van der Waals surface area (Å²) >= 11 is 0. The first-order valence-electron chi connectivity index (χ1n) is 7.52. The zero-order valence-corrected chi connectivity index (χ0v) is 12.6. The van der Waals surface area contributed by atoms with E-state index in [4.69, 9.17) is 0 Å². The van der Waals surface area contributed by atoms with Crippen molar-refractivity contribution in [3.8, 4) is 0 Å². The third kappa shape index (κ3) is 4.22. The third-order valence-corrected chi connectivity index (χ3v) is 3.53. The van der Waals surface area contributed by atoms with Crippen LogP contribution >= 0.6 is 0 Å². The maximum absolute atomic E-state index is 11.6. The predicted octanol–water partition coefficient (Wildman–Crippen LogP) is 3.29. The summed E-state index contributed by atoms with van der Waals surface area (Å²) in [5.74, 6) is 0.555. The number of nitrogens with zero attached hydrogens (tertiary/aromatic N) is 1. The molecule has 1 saturated carbocycles. The lowest BCUT2D eigenvalue weighted by Crippen LogP contribution is -2.30. The normalized spacial score (nSPS) is 13.5. The smallest absolute Gasteiger partial charge is 0.320 e. The molecule has 1 aromatic carbocycles. The molecule has 3 rings (SSSR count). The van der Waals surface area contributed by atoms with E-state index in [0.29, 0.717) is 11.9 Å². The second-order valence-electron chi connectivity index (χ2n) is 5.64. The van der Waals surface area contributed by atoms with Gasteiger partial charge in [0.1, 0.15) is 5.82 Å². The van der Waals surface area contributed by atoms with Gasteiger partial charge in [-0.25, -0.2) is 9.78 Å². The van der Waals surface area contributed by atoms with Crippen LogP contribution in [0.2, 0.25) is 0 Å². The Kier molecular flexibility index (Phi) is 4.23. The van der Waals surface area contributed by atoms with Gasteiger partial charge in [0, 0.05) is 12.6 Å². The van der Waals surface area contributed by atoms with Gasteiger partial charge in [-0.15, -0.1) is 0 Å². The van der Waals surface area contributed by atoms with Crippen LogP contribution in [0, 0.1) is 6.92 Å². The summed E-state index contributed by atoms with van der Waals surface area (Å²) in [5, 5.41) is 8.91. The van der Waals surface area contributed by atoms with E-state index in [1.807, 2.05) is 6.07 Å². The van der Waals surface area contributed by atoms with Crippen LogP contribution in [0.3, 0.4) is 0 Å². The van der Waals surface area contributed by atoms with Gasteiger partial charge in [0.05, 0.1) is 11.9 Å². The molecule has 5 nitrogen and oxygen atoms in total. The fourth-order valence-corrected chi connectivity index (χ4v) is 2.05. The van der Waals surface area contributed by atoms with E-state index in [0.717, 1.165) is 25.1 Å². The number of carbonyl (C=O) groups is 1. The Morgan fingerprint density at radius 2 is 1.95 bits per heavy atom. The second-order valence-corrected chi connectivity index (χ2v) is 5.64. The summed E-state index contributed by atoms with van der Waals surface area (Å²) < 4.78 is 0. The van der Waals surface area contributed by atoms with E-state index in [1.165, 1.54) is 11.1 Å². The molecule has 0 radical (unpaired) electrons. The Labute approximate surface area is 130 Å². The van der Waals surface area contributed by atoms with Gasteiger partial charge in [0.15, 0.2) is 0 Å². The predicted molar refractivity (Wildman–Crippen MR) is 87.9 cm³/mol. The number of amides is 2. The van der Waals surface area contributed by atoms with Crippen LogP contribution in [0.1, 0.15) is 24.0 Å². The first kappa shape index (κ1) is 14.4. The minimum Gasteiger partial charge on any atom is -0.380 e.